The lowest BCUT2D eigenvalue weighted by atomic mass is 10.1. The SMILES string of the molecule is COC(=O)N1CC(n2c(-c3ccccc3Cl)nc3c(N4CCNCC4)nc(C)nc32)C1. The van der Waals surface area contributed by atoms with Crippen molar-refractivity contribution in [3.63, 3.8) is 0 Å². The summed E-state index contributed by atoms with van der Waals surface area (Å²) in [6.07, 6.45) is -0.327. The van der Waals surface area contributed by atoms with Gasteiger partial charge in [0.2, 0.25) is 0 Å². The molecular formula is C21H24ClN7O2. The Kier molecular flexibility index (Phi) is 5.15. The molecule has 162 valence electrons. The molecule has 0 spiro atoms. The molecule has 0 radical (unpaired) electrons. The summed E-state index contributed by atoms with van der Waals surface area (Å²) in [4.78, 5) is 30.4. The number of ether oxygens (including phenoxy) is 1. The van der Waals surface area contributed by atoms with Crippen LogP contribution in [0.2, 0.25) is 5.02 Å². The normalized spacial score (nSPS) is 17.1. The molecule has 0 unspecified atom stereocenters. The highest BCUT2D eigenvalue weighted by Crippen LogP contribution is 2.37. The second kappa shape index (κ2) is 7.97. The Hall–Kier alpha value is -2.91. The number of amides is 1. The third-order valence-corrected chi connectivity index (χ3v) is 6.15. The number of halogens is 1. The summed E-state index contributed by atoms with van der Waals surface area (Å²) in [6, 6.07) is 7.69. The number of benzene rings is 1. The van der Waals surface area contributed by atoms with E-state index in [1.54, 1.807) is 4.90 Å². The number of rotatable bonds is 3. The number of likely N-dealkylation sites (tertiary alicyclic amines) is 1. The predicted octanol–water partition coefficient (Wildman–Crippen LogP) is 2.49. The molecule has 0 saturated carbocycles. The number of fused-ring (bicyclic) bond motifs is 1. The molecule has 0 aliphatic carbocycles. The maximum absolute atomic E-state index is 11.9. The number of carbonyl (C=O) groups is 1. The number of aryl methyl sites for hydroxylation is 1. The molecule has 0 bridgehead atoms. The largest absolute Gasteiger partial charge is 0.453 e. The predicted molar refractivity (Wildman–Crippen MR) is 119 cm³/mol. The zero-order valence-corrected chi connectivity index (χ0v) is 18.3. The monoisotopic (exact) mass is 441 g/mol. The Balaban J connectivity index is 1.67. The Morgan fingerprint density at radius 3 is 2.61 bits per heavy atom. The molecular weight excluding hydrogens is 418 g/mol. The fraction of sp³-hybridized carbons (Fsp3) is 0.429. The van der Waals surface area contributed by atoms with Gasteiger partial charge in [0.1, 0.15) is 11.6 Å². The number of methoxy groups -OCH3 is 1. The van der Waals surface area contributed by atoms with Crippen LogP contribution in [0.15, 0.2) is 24.3 Å². The third kappa shape index (κ3) is 3.47. The molecule has 1 aromatic carbocycles. The van der Waals surface area contributed by atoms with E-state index in [0.717, 1.165) is 54.5 Å². The fourth-order valence-corrected chi connectivity index (χ4v) is 4.46. The third-order valence-electron chi connectivity index (χ3n) is 5.82. The van der Waals surface area contributed by atoms with E-state index >= 15 is 0 Å². The first-order chi connectivity index (χ1) is 15.1. The lowest BCUT2D eigenvalue weighted by molar-refractivity contribution is 0.0726. The van der Waals surface area contributed by atoms with E-state index in [1.165, 1.54) is 7.11 Å². The van der Waals surface area contributed by atoms with Crippen molar-refractivity contribution in [1.82, 2.24) is 29.7 Å². The van der Waals surface area contributed by atoms with Crippen molar-refractivity contribution in [2.45, 2.75) is 13.0 Å². The van der Waals surface area contributed by atoms with Crippen LogP contribution in [0.25, 0.3) is 22.6 Å². The summed E-state index contributed by atoms with van der Waals surface area (Å²) < 4.78 is 6.97. The summed E-state index contributed by atoms with van der Waals surface area (Å²) >= 11 is 6.55. The Morgan fingerprint density at radius 2 is 1.90 bits per heavy atom. The van der Waals surface area contributed by atoms with Crippen LogP contribution in [0.5, 0.6) is 0 Å². The highest BCUT2D eigenvalue weighted by atomic mass is 35.5. The van der Waals surface area contributed by atoms with Gasteiger partial charge in [0.05, 0.1) is 18.2 Å². The first kappa shape index (κ1) is 20.0. The summed E-state index contributed by atoms with van der Waals surface area (Å²) in [5.41, 5.74) is 2.37. The van der Waals surface area contributed by atoms with E-state index < -0.39 is 0 Å². The van der Waals surface area contributed by atoms with E-state index in [-0.39, 0.29) is 12.1 Å². The molecule has 0 atom stereocenters. The van der Waals surface area contributed by atoms with Gasteiger partial charge in [-0.2, -0.15) is 0 Å². The van der Waals surface area contributed by atoms with Crippen LogP contribution in [0.4, 0.5) is 10.6 Å². The molecule has 2 aliphatic rings. The van der Waals surface area contributed by atoms with Crippen molar-refractivity contribution in [1.29, 1.82) is 0 Å². The second-order valence-electron chi connectivity index (χ2n) is 7.82. The number of piperazine rings is 1. The molecule has 2 aromatic heterocycles. The smallest absolute Gasteiger partial charge is 0.409 e. The van der Waals surface area contributed by atoms with E-state index in [2.05, 4.69) is 14.8 Å². The quantitative estimate of drug-likeness (QED) is 0.668. The van der Waals surface area contributed by atoms with Gasteiger partial charge >= 0.3 is 6.09 Å². The zero-order chi connectivity index (χ0) is 21.5. The average molecular weight is 442 g/mol. The van der Waals surface area contributed by atoms with Gasteiger partial charge in [0.25, 0.3) is 0 Å². The molecule has 9 nitrogen and oxygen atoms in total. The van der Waals surface area contributed by atoms with Gasteiger partial charge in [0, 0.05) is 44.8 Å². The van der Waals surface area contributed by atoms with Gasteiger partial charge in [-0.05, 0) is 19.1 Å². The maximum atomic E-state index is 11.9. The van der Waals surface area contributed by atoms with Gasteiger partial charge in [-0.15, -0.1) is 0 Å². The van der Waals surface area contributed by atoms with Crippen molar-refractivity contribution in [3.05, 3.63) is 35.1 Å². The topological polar surface area (TPSA) is 88.4 Å². The molecule has 10 heteroatoms. The molecule has 1 N–H and O–H groups in total. The van der Waals surface area contributed by atoms with E-state index in [4.69, 9.17) is 31.3 Å². The standard InChI is InChI=1S/C21H24ClN7O2/c1-13-24-19(27-9-7-23-8-10-27)17-20(25-13)29(14-11-28(12-14)21(30)31-2)18(26-17)15-5-3-4-6-16(15)22/h3-6,14,23H,7-12H2,1-2H3. The van der Waals surface area contributed by atoms with E-state index in [9.17, 15) is 4.79 Å². The molecule has 5 rings (SSSR count). The number of hydrogen-bond donors (Lipinski definition) is 1. The van der Waals surface area contributed by atoms with Gasteiger partial charge in [-0.1, -0.05) is 23.7 Å². The molecule has 3 aromatic rings. The van der Waals surface area contributed by atoms with Crippen LogP contribution in [0.3, 0.4) is 0 Å². The number of nitrogens with zero attached hydrogens (tertiary/aromatic N) is 6. The second-order valence-corrected chi connectivity index (χ2v) is 8.22. The minimum atomic E-state index is -0.327. The first-order valence-corrected chi connectivity index (χ1v) is 10.7. The van der Waals surface area contributed by atoms with Crippen molar-refractivity contribution in [2.75, 3.05) is 51.3 Å². The summed E-state index contributed by atoms with van der Waals surface area (Å²) in [6.45, 7) is 6.49. The van der Waals surface area contributed by atoms with Crippen molar-refractivity contribution >= 4 is 34.7 Å². The number of anilines is 1. The van der Waals surface area contributed by atoms with Gasteiger partial charge in [-0.25, -0.2) is 19.7 Å². The number of imidazole rings is 1. The molecule has 31 heavy (non-hydrogen) atoms. The zero-order valence-electron chi connectivity index (χ0n) is 17.5. The van der Waals surface area contributed by atoms with Gasteiger partial charge in [0.15, 0.2) is 17.0 Å². The minimum Gasteiger partial charge on any atom is -0.453 e. The van der Waals surface area contributed by atoms with Crippen LogP contribution >= 0.6 is 11.6 Å². The van der Waals surface area contributed by atoms with Crippen LogP contribution in [-0.2, 0) is 4.74 Å². The van der Waals surface area contributed by atoms with Crippen LogP contribution < -0.4 is 10.2 Å². The minimum absolute atomic E-state index is 0.0283. The number of carbonyl (C=O) groups excluding carboxylic acids is 1. The Morgan fingerprint density at radius 1 is 1.16 bits per heavy atom. The first-order valence-electron chi connectivity index (χ1n) is 10.4. The highest BCUT2D eigenvalue weighted by molar-refractivity contribution is 6.33. The van der Waals surface area contributed by atoms with E-state index in [1.807, 2.05) is 31.2 Å². The molecule has 2 aliphatic heterocycles. The van der Waals surface area contributed by atoms with Crippen LogP contribution in [-0.4, -0.2) is 76.9 Å². The lowest BCUT2D eigenvalue weighted by Gasteiger charge is -2.39. The molecule has 4 heterocycles. The van der Waals surface area contributed by atoms with Crippen molar-refractivity contribution in [3.8, 4) is 11.4 Å². The summed E-state index contributed by atoms with van der Waals surface area (Å²) in [5, 5.41) is 4.00. The summed E-state index contributed by atoms with van der Waals surface area (Å²) in [5.74, 6) is 2.28. The van der Waals surface area contributed by atoms with Crippen LogP contribution in [0, 0.1) is 6.92 Å². The van der Waals surface area contributed by atoms with Crippen molar-refractivity contribution in [2.24, 2.45) is 0 Å². The average Bonchev–Trinajstić information content (AvgIpc) is 3.11. The number of aromatic nitrogens is 4. The Bertz CT molecular complexity index is 1140. The Labute approximate surface area is 185 Å². The van der Waals surface area contributed by atoms with Crippen LogP contribution in [0.1, 0.15) is 11.9 Å². The van der Waals surface area contributed by atoms with Gasteiger partial charge < -0.3 is 24.4 Å². The summed E-state index contributed by atoms with van der Waals surface area (Å²) in [7, 11) is 1.40. The van der Waals surface area contributed by atoms with E-state index in [0.29, 0.717) is 23.9 Å². The highest BCUT2D eigenvalue weighted by Gasteiger charge is 2.36. The van der Waals surface area contributed by atoms with Gasteiger partial charge in [-0.3, -0.25) is 0 Å². The molecule has 1 amide bonds. The lowest BCUT2D eigenvalue weighted by Crippen LogP contribution is -2.50. The molecule has 2 saturated heterocycles. The fourth-order valence-electron chi connectivity index (χ4n) is 4.24. The maximum Gasteiger partial charge on any atom is 0.409 e. The van der Waals surface area contributed by atoms with Crippen molar-refractivity contribution < 1.29 is 9.53 Å². The number of hydrogen-bond acceptors (Lipinski definition) is 7. The number of nitrogens with one attached hydrogen (secondary N) is 1. The molecule has 2 fully saturated rings.